The Labute approximate surface area is 91.7 Å². The first kappa shape index (κ1) is 12.2. The summed E-state index contributed by atoms with van der Waals surface area (Å²) in [6.07, 6.45) is 0.869. The number of rotatable bonds is 5. The van der Waals surface area contributed by atoms with E-state index in [9.17, 15) is 14.0 Å². The highest BCUT2D eigenvalue weighted by molar-refractivity contribution is 5.97. The molecule has 5 heteroatoms. The summed E-state index contributed by atoms with van der Waals surface area (Å²) in [5.41, 5.74) is -0.850. The molecule has 1 N–H and O–H groups in total. The predicted molar refractivity (Wildman–Crippen MR) is 54.5 cm³/mol. The molecule has 0 aromatic heterocycles. The molecule has 0 unspecified atom stereocenters. The third-order valence-corrected chi connectivity index (χ3v) is 1.95. The second-order valence-corrected chi connectivity index (χ2v) is 3.11. The standard InChI is InChI=1S/C11H11FO4/c1-2-5-16-9-4-3-7(11(14)15)8(6-13)10(9)12/h3-4,6H,2,5H2,1H3,(H,14,15). The molecule has 86 valence electrons. The zero-order valence-electron chi connectivity index (χ0n) is 8.70. The van der Waals surface area contributed by atoms with E-state index in [2.05, 4.69) is 0 Å². The summed E-state index contributed by atoms with van der Waals surface area (Å²) in [4.78, 5) is 21.3. The van der Waals surface area contributed by atoms with Crippen molar-refractivity contribution in [3.8, 4) is 5.75 Å². The van der Waals surface area contributed by atoms with E-state index < -0.39 is 17.3 Å². The van der Waals surface area contributed by atoms with Gasteiger partial charge in [-0.1, -0.05) is 6.92 Å². The average molecular weight is 226 g/mol. The Hall–Kier alpha value is -1.91. The van der Waals surface area contributed by atoms with Crippen molar-refractivity contribution in [2.45, 2.75) is 13.3 Å². The number of carbonyl (C=O) groups is 2. The molecule has 0 fully saturated rings. The van der Waals surface area contributed by atoms with Gasteiger partial charge < -0.3 is 9.84 Å². The number of benzene rings is 1. The minimum atomic E-state index is -1.34. The normalized spacial score (nSPS) is 9.88. The van der Waals surface area contributed by atoms with E-state index in [-0.39, 0.29) is 17.6 Å². The molecule has 0 aliphatic carbocycles. The maximum Gasteiger partial charge on any atom is 0.336 e. The van der Waals surface area contributed by atoms with Crippen LogP contribution in [0, 0.1) is 5.82 Å². The van der Waals surface area contributed by atoms with E-state index in [4.69, 9.17) is 9.84 Å². The third kappa shape index (κ3) is 2.36. The van der Waals surface area contributed by atoms with Gasteiger partial charge in [-0.05, 0) is 18.6 Å². The summed E-state index contributed by atoms with van der Waals surface area (Å²) in [6.45, 7) is 2.16. The van der Waals surface area contributed by atoms with Gasteiger partial charge in [0.1, 0.15) is 0 Å². The van der Waals surface area contributed by atoms with Gasteiger partial charge >= 0.3 is 5.97 Å². The van der Waals surface area contributed by atoms with Crippen molar-refractivity contribution in [1.82, 2.24) is 0 Å². The average Bonchev–Trinajstić information content (AvgIpc) is 2.26. The highest BCUT2D eigenvalue weighted by atomic mass is 19.1. The Morgan fingerprint density at radius 3 is 2.75 bits per heavy atom. The minimum absolute atomic E-state index is 0.103. The highest BCUT2D eigenvalue weighted by Gasteiger charge is 2.17. The van der Waals surface area contributed by atoms with Crippen LogP contribution in [0.5, 0.6) is 5.75 Å². The molecule has 0 spiro atoms. The van der Waals surface area contributed by atoms with Gasteiger partial charge in [0.2, 0.25) is 0 Å². The highest BCUT2D eigenvalue weighted by Crippen LogP contribution is 2.23. The predicted octanol–water partition coefficient (Wildman–Crippen LogP) is 2.13. The summed E-state index contributed by atoms with van der Waals surface area (Å²) in [7, 11) is 0. The van der Waals surface area contributed by atoms with Crippen LogP contribution in [-0.2, 0) is 0 Å². The maximum atomic E-state index is 13.6. The molecule has 0 heterocycles. The number of halogens is 1. The first-order valence-electron chi connectivity index (χ1n) is 4.75. The third-order valence-electron chi connectivity index (χ3n) is 1.95. The molecule has 0 atom stereocenters. The number of aldehydes is 1. The summed E-state index contributed by atoms with van der Waals surface area (Å²) in [6, 6.07) is 2.36. The van der Waals surface area contributed by atoms with E-state index in [1.54, 1.807) is 0 Å². The second kappa shape index (κ2) is 5.25. The van der Waals surface area contributed by atoms with Gasteiger partial charge in [-0.15, -0.1) is 0 Å². The van der Waals surface area contributed by atoms with E-state index >= 15 is 0 Å². The van der Waals surface area contributed by atoms with E-state index in [1.165, 1.54) is 6.07 Å². The Morgan fingerprint density at radius 1 is 1.56 bits per heavy atom. The number of carboxylic acid groups (broad SMARTS) is 1. The van der Waals surface area contributed by atoms with Crippen LogP contribution >= 0.6 is 0 Å². The topological polar surface area (TPSA) is 63.6 Å². The zero-order chi connectivity index (χ0) is 12.1. The van der Waals surface area contributed by atoms with Gasteiger partial charge in [0.15, 0.2) is 17.9 Å². The lowest BCUT2D eigenvalue weighted by atomic mass is 10.1. The lowest BCUT2D eigenvalue weighted by Crippen LogP contribution is -2.07. The first-order valence-corrected chi connectivity index (χ1v) is 4.75. The lowest BCUT2D eigenvalue weighted by Gasteiger charge is -2.08. The molecule has 0 saturated carbocycles. The van der Waals surface area contributed by atoms with Gasteiger partial charge in [0, 0.05) is 0 Å². The Morgan fingerprint density at radius 2 is 2.25 bits per heavy atom. The van der Waals surface area contributed by atoms with Crippen molar-refractivity contribution >= 4 is 12.3 Å². The van der Waals surface area contributed by atoms with Crippen LogP contribution in [0.3, 0.4) is 0 Å². The van der Waals surface area contributed by atoms with Gasteiger partial charge in [-0.25, -0.2) is 9.18 Å². The van der Waals surface area contributed by atoms with E-state index in [0.29, 0.717) is 13.0 Å². The maximum absolute atomic E-state index is 13.6. The summed E-state index contributed by atoms with van der Waals surface area (Å²) >= 11 is 0. The van der Waals surface area contributed by atoms with Gasteiger partial charge in [0.05, 0.1) is 17.7 Å². The van der Waals surface area contributed by atoms with Gasteiger partial charge in [-0.2, -0.15) is 0 Å². The molecule has 1 rings (SSSR count). The fourth-order valence-corrected chi connectivity index (χ4v) is 1.20. The van der Waals surface area contributed by atoms with Crippen molar-refractivity contribution in [1.29, 1.82) is 0 Å². The fourth-order valence-electron chi connectivity index (χ4n) is 1.20. The molecule has 0 radical (unpaired) electrons. The van der Waals surface area contributed by atoms with Crippen LogP contribution in [0.15, 0.2) is 12.1 Å². The van der Waals surface area contributed by atoms with Gasteiger partial charge in [-0.3, -0.25) is 4.79 Å². The number of hydrogen-bond acceptors (Lipinski definition) is 3. The smallest absolute Gasteiger partial charge is 0.336 e. The molecule has 1 aromatic rings. The molecule has 0 aliphatic heterocycles. The Bertz CT molecular complexity index is 415. The van der Waals surface area contributed by atoms with Crippen molar-refractivity contribution in [2.24, 2.45) is 0 Å². The summed E-state index contributed by atoms with van der Waals surface area (Å²) in [5.74, 6) is -2.37. The molecular weight excluding hydrogens is 215 g/mol. The molecule has 0 aliphatic rings. The monoisotopic (exact) mass is 226 g/mol. The molecule has 0 amide bonds. The molecule has 0 bridgehead atoms. The number of carboxylic acids is 1. The number of hydrogen-bond donors (Lipinski definition) is 1. The Balaban J connectivity index is 3.18. The zero-order valence-corrected chi connectivity index (χ0v) is 8.70. The van der Waals surface area contributed by atoms with Crippen molar-refractivity contribution < 1.29 is 23.8 Å². The molecule has 4 nitrogen and oxygen atoms in total. The van der Waals surface area contributed by atoms with E-state index in [1.807, 2.05) is 6.92 Å². The van der Waals surface area contributed by atoms with E-state index in [0.717, 1.165) is 6.07 Å². The van der Waals surface area contributed by atoms with Crippen LogP contribution in [0.1, 0.15) is 34.1 Å². The summed E-state index contributed by atoms with van der Waals surface area (Å²) in [5, 5.41) is 8.72. The number of aromatic carboxylic acids is 1. The molecular formula is C11H11FO4. The fraction of sp³-hybridized carbons (Fsp3) is 0.273. The van der Waals surface area contributed by atoms with Crippen LogP contribution in [0.2, 0.25) is 0 Å². The lowest BCUT2D eigenvalue weighted by molar-refractivity contribution is 0.0693. The van der Waals surface area contributed by atoms with Crippen molar-refractivity contribution in [3.05, 3.63) is 29.1 Å². The molecule has 0 saturated heterocycles. The summed E-state index contributed by atoms with van der Waals surface area (Å²) < 4.78 is 18.6. The van der Waals surface area contributed by atoms with Crippen LogP contribution in [0.4, 0.5) is 4.39 Å². The molecule has 1 aromatic carbocycles. The SMILES string of the molecule is CCCOc1ccc(C(=O)O)c(C=O)c1F. The van der Waals surface area contributed by atoms with Crippen molar-refractivity contribution in [3.63, 3.8) is 0 Å². The number of carbonyl (C=O) groups excluding carboxylic acids is 1. The Kier molecular flexibility index (Phi) is 3.99. The second-order valence-electron chi connectivity index (χ2n) is 3.11. The van der Waals surface area contributed by atoms with Crippen LogP contribution in [0.25, 0.3) is 0 Å². The van der Waals surface area contributed by atoms with Crippen molar-refractivity contribution in [2.75, 3.05) is 6.61 Å². The van der Waals surface area contributed by atoms with Crippen LogP contribution in [-0.4, -0.2) is 24.0 Å². The first-order chi connectivity index (χ1) is 7.61. The van der Waals surface area contributed by atoms with Gasteiger partial charge in [0.25, 0.3) is 0 Å². The largest absolute Gasteiger partial charge is 0.491 e. The molecule has 16 heavy (non-hydrogen) atoms. The quantitative estimate of drug-likeness (QED) is 0.781. The minimum Gasteiger partial charge on any atom is -0.491 e. The van der Waals surface area contributed by atoms with Crippen LogP contribution < -0.4 is 4.74 Å². The number of ether oxygens (including phenoxy) is 1.